The summed E-state index contributed by atoms with van der Waals surface area (Å²) >= 11 is 0. The number of nitrogens with two attached hydrogens (primary N) is 1. The van der Waals surface area contributed by atoms with Crippen molar-refractivity contribution in [3.05, 3.63) is 96.2 Å². The molecule has 1 aliphatic rings. The van der Waals surface area contributed by atoms with E-state index >= 15 is 0 Å². The number of nitrogens with zero attached hydrogens (tertiary/aromatic N) is 4. The molecular formula is C28H29N5O9. The number of nitrogen functional groups attached to an aromatic ring is 1. The Hall–Kier alpha value is -5.27. The second-order valence-electron chi connectivity index (χ2n) is 9.59. The van der Waals surface area contributed by atoms with E-state index in [1.54, 1.807) is 30.3 Å². The highest BCUT2D eigenvalue weighted by Crippen LogP contribution is 2.31. The largest absolute Gasteiger partial charge is 0.468 e. The number of hydrogen-bond acceptors (Lipinski definition) is 11. The predicted molar refractivity (Wildman–Crippen MR) is 151 cm³/mol. The summed E-state index contributed by atoms with van der Waals surface area (Å²) in [5, 5.41) is 11.7. The smallest absolute Gasteiger partial charge is 0.338 e. The number of methoxy groups -OCH3 is 1. The first kappa shape index (κ1) is 29.7. The van der Waals surface area contributed by atoms with Gasteiger partial charge in [-0.05, 0) is 37.0 Å². The number of hydrogen-bond donors (Lipinski definition) is 1. The molecule has 220 valence electrons. The fourth-order valence-corrected chi connectivity index (χ4v) is 4.71. The number of ether oxygens (including phenoxy) is 2. The molecule has 1 fully saturated rings. The van der Waals surface area contributed by atoms with E-state index in [0.29, 0.717) is 28.9 Å². The number of esters is 2. The zero-order chi connectivity index (χ0) is 30.4. The predicted octanol–water partition coefficient (Wildman–Crippen LogP) is 1.75. The van der Waals surface area contributed by atoms with Gasteiger partial charge in [-0.2, -0.15) is 0 Å². The van der Waals surface area contributed by atoms with Crippen LogP contribution in [0.2, 0.25) is 0 Å². The van der Waals surface area contributed by atoms with E-state index in [2.05, 4.69) is 4.74 Å². The van der Waals surface area contributed by atoms with Crippen molar-refractivity contribution in [1.82, 2.24) is 9.13 Å². The molecule has 2 aromatic carbocycles. The molecule has 4 rings (SSSR count). The van der Waals surface area contributed by atoms with Crippen molar-refractivity contribution in [2.45, 2.75) is 32.4 Å². The van der Waals surface area contributed by atoms with Crippen LogP contribution >= 0.6 is 0 Å². The van der Waals surface area contributed by atoms with E-state index in [9.17, 15) is 34.1 Å². The van der Waals surface area contributed by atoms with Crippen LogP contribution in [0, 0.1) is 10.1 Å². The van der Waals surface area contributed by atoms with E-state index in [1.165, 1.54) is 12.1 Å². The van der Waals surface area contributed by atoms with Crippen molar-refractivity contribution in [2.75, 3.05) is 37.4 Å². The molecule has 2 N–H and O–H groups in total. The Labute approximate surface area is 239 Å². The van der Waals surface area contributed by atoms with Gasteiger partial charge in [0.25, 0.3) is 11.2 Å². The maximum absolute atomic E-state index is 13.2. The average Bonchev–Trinajstić information content (AvgIpc) is 3.00. The number of ketones is 1. The van der Waals surface area contributed by atoms with Crippen molar-refractivity contribution < 1.29 is 28.8 Å². The summed E-state index contributed by atoms with van der Waals surface area (Å²) in [4.78, 5) is 77.2. The molecule has 14 heteroatoms. The second kappa shape index (κ2) is 12.9. The van der Waals surface area contributed by atoms with E-state index in [0.717, 1.165) is 37.0 Å². The summed E-state index contributed by atoms with van der Waals surface area (Å²) in [6.45, 7) is -0.556. The SMILES string of the molecule is COC(=O)Cn1c(=O)c(C(=O)COC(=O)c2ccc(N3CCCCC3)c([N+](=O)[O-])c2)c(N)n(Cc2ccccc2)c1=O. The highest BCUT2D eigenvalue weighted by molar-refractivity contribution is 6.02. The molecule has 42 heavy (non-hydrogen) atoms. The van der Waals surface area contributed by atoms with E-state index < -0.39 is 58.4 Å². The molecule has 0 unspecified atom stereocenters. The van der Waals surface area contributed by atoms with Crippen LogP contribution in [-0.4, -0.2) is 58.6 Å². The average molecular weight is 580 g/mol. The lowest BCUT2D eigenvalue weighted by atomic mass is 10.1. The van der Waals surface area contributed by atoms with E-state index in [4.69, 9.17) is 10.5 Å². The topological polar surface area (TPSA) is 186 Å². The van der Waals surface area contributed by atoms with Gasteiger partial charge in [0, 0.05) is 19.2 Å². The molecule has 0 radical (unpaired) electrons. The van der Waals surface area contributed by atoms with Crippen LogP contribution in [0.4, 0.5) is 17.2 Å². The van der Waals surface area contributed by atoms with Gasteiger partial charge >= 0.3 is 17.6 Å². The maximum atomic E-state index is 13.2. The van der Waals surface area contributed by atoms with Gasteiger partial charge < -0.3 is 20.1 Å². The summed E-state index contributed by atoms with van der Waals surface area (Å²) in [5.74, 6) is -3.46. The number of benzene rings is 2. The molecule has 0 atom stereocenters. The number of anilines is 2. The summed E-state index contributed by atoms with van der Waals surface area (Å²) in [5.41, 5.74) is 3.91. The van der Waals surface area contributed by atoms with Crippen LogP contribution in [0.25, 0.3) is 0 Å². The molecule has 0 saturated carbocycles. The van der Waals surface area contributed by atoms with Gasteiger partial charge in [0.05, 0.1) is 24.1 Å². The molecule has 1 aliphatic heterocycles. The molecule has 0 bridgehead atoms. The van der Waals surface area contributed by atoms with Crippen molar-refractivity contribution >= 4 is 34.9 Å². The summed E-state index contributed by atoms with van der Waals surface area (Å²) < 4.78 is 11.1. The highest BCUT2D eigenvalue weighted by atomic mass is 16.6. The lowest BCUT2D eigenvalue weighted by molar-refractivity contribution is -0.384. The van der Waals surface area contributed by atoms with Gasteiger partial charge in [-0.15, -0.1) is 0 Å². The third kappa shape index (κ3) is 6.37. The van der Waals surface area contributed by atoms with Crippen LogP contribution in [0.1, 0.15) is 45.5 Å². The van der Waals surface area contributed by atoms with Gasteiger partial charge in [-0.1, -0.05) is 30.3 Å². The summed E-state index contributed by atoms with van der Waals surface area (Å²) in [6.07, 6.45) is 2.82. The summed E-state index contributed by atoms with van der Waals surface area (Å²) in [6, 6.07) is 12.5. The third-order valence-corrected chi connectivity index (χ3v) is 6.88. The standard InChI is InChI=1S/C28H29N5O9/c1-41-23(35)16-32-26(36)24(25(29)31(28(32)38)15-18-8-4-2-5-9-18)22(34)17-42-27(37)19-10-11-20(21(14-19)33(39)40)30-12-6-3-7-13-30/h2,4-5,8-11,14H,3,6-7,12-13,15-17,29H2,1H3. The van der Waals surface area contributed by atoms with Gasteiger partial charge in [-0.3, -0.25) is 29.1 Å². The highest BCUT2D eigenvalue weighted by Gasteiger charge is 2.27. The van der Waals surface area contributed by atoms with Crippen molar-refractivity contribution in [3.63, 3.8) is 0 Å². The minimum absolute atomic E-state index is 0.125. The fourth-order valence-electron chi connectivity index (χ4n) is 4.71. The zero-order valence-electron chi connectivity index (χ0n) is 22.8. The van der Waals surface area contributed by atoms with Gasteiger partial charge in [0.1, 0.15) is 23.6 Å². The molecular weight excluding hydrogens is 550 g/mol. The van der Waals surface area contributed by atoms with Crippen molar-refractivity contribution in [2.24, 2.45) is 0 Å². The van der Waals surface area contributed by atoms with Crippen LogP contribution in [0.5, 0.6) is 0 Å². The molecule has 3 aromatic rings. The molecule has 0 amide bonds. The Kier molecular flexibility index (Phi) is 9.15. The van der Waals surface area contributed by atoms with Crippen molar-refractivity contribution in [3.8, 4) is 0 Å². The Balaban J connectivity index is 1.62. The number of rotatable bonds is 10. The molecule has 14 nitrogen and oxygen atoms in total. The summed E-state index contributed by atoms with van der Waals surface area (Å²) in [7, 11) is 1.07. The first-order chi connectivity index (χ1) is 20.1. The number of piperidine rings is 1. The van der Waals surface area contributed by atoms with Crippen LogP contribution < -0.4 is 21.9 Å². The second-order valence-corrected chi connectivity index (χ2v) is 9.59. The maximum Gasteiger partial charge on any atom is 0.338 e. The normalized spacial score (nSPS) is 12.9. The first-order valence-electron chi connectivity index (χ1n) is 13.1. The minimum atomic E-state index is -1.16. The Morgan fingerprint density at radius 3 is 2.33 bits per heavy atom. The lowest BCUT2D eigenvalue weighted by Crippen LogP contribution is -2.46. The van der Waals surface area contributed by atoms with Gasteiger partial charge in [0.2, 0.25) is 5.78 Å². The number of carbonyl (C=O) groups excluding carboxylic acids is 3. The Morgan fingerprint density at radius 2 is 1.69 bits per heavy atom. The number of carbonyl (C=O) groups is 3. The lowest BCUT2D eigenvalue weighted by Gasteiger charge is -2.28. The molecule has 0 spiro atoms. The van der Waals surface area contributed by atoms with Gasteiger partial charge in [0.15, 0.2) is 6.61 Å². The fraction of sp³-hybridized carbons (Fsp3) is 0.321. The Morgan fingerprint density at radius 1 is 1.00 bits per heavy atom. The third-order valence-electron chi connectivity index (χ3n) is 6.88. The number of Topliss-reactive ketones (excluding diaryl/α,β-unsaturated/α-hetero) is 1. The number of nitro benzene ring substituents is 1. The Bertz CT molecular complexity index is 1640. The quantitative estimate of drug-likeness (QED) is 0.160. The number of aromatic nitrogens is 2. The number of nitro groups is 1. The van der Waals surface area contributed by atoms with Crippen LogP contribution in [0.3, 0.4) is 0 Å². The monoisotopic (exact) mass is 579 g/mol. The van der Waals surface area contributed by atoms with E-state index in [1.807, 2.05) is 4.90 Å². The molecule has 1 saturated heterocycles. The van der Waals surface area contributed by atoms with E-state index in [-0.39, 0.29) is 17.8 Å². The van der Waals surface area contributed by atoms with Crippen LogP contribution in [-0.2, 0) is 27.4 Å². The first-order valence-corrected chi connectivity index (χ1v) is 13.1. The van der Waals surface area contributed by atoms with Crippen LogP contribution in [0.15, 0.2) is 58.1 Å². The zero-order valence-corrected chi connectivity index (χ0v) is 22.8. The van der Waals surface area contributed by atoms with Gasteiger partial charge in [-0.25, -0.2) is 14.2 Å². The van der Waals surface area contributed by atoms with Crippen molar-refractivity contribution in [1.29, 1.82) is 0 Å². The molecule has 0 aliphatic carbocycles. The molecule has 2 heterocycles. The minimum Gasteiger partial charge on any atom is -0.468 e. The molecule has 1 aromatic heterocycles.